The van der Waals surface area contributed by atoms with Crippen LogP contribution in [0.2, 0.25) is 0 Å². The van der Waals surface area contributed by atoms with Gasteiger partial charge in [0.05, 0.1) is 12.3 Å². The Morgan fingerprint density at radius 1 is 1.50 bits per heavy atom. The number of nitrogen functional groups attached to an aromatic ring is 1. The molecule has 0 aliphatic carbocycles. The van der Waals surface area contributed by atoms with Crippen molar-refractivity contribution in [1.82, 2.24) is 15.2 Å². The van der Waals surface area contributed by atoms with E-state index >= 15 is 0 Å². The third-order valence-corrected chi connectivity index (χ3v) is 7.26. The normalized spacial score (nSPS) is 26.3. The van der Waals surface area contributed by atoms with Crippen molar-refractivity contribution < 1.29 is 24.0 Å². The number of nitrogens with zero attached hydrogens (tertiary/aromatic N) is 3. The lowest BCUT2D eigenvalue weighted by molar-refractivity contribution is -0.146. The highest BCUT2D eigenvalue weighted by Crippen LogP contribution is 2.44. The van der Waals surface area contributed by atoms with Crippen LogP contribution < -0.4 is 11.1 Å². The Morgan fingerprint density at radius 3 is 2.90 bits per heavy atom. The Balaban J connectivity index is 1.53. The molecule has 3 atom stereocenters. The van der Waals surface area contributed by atoms with Crippen LogP contribution in [0.1, 0.15) is 12.1 Å². The van der Waals surface area contributed by atoms with Gasteiger partial charge in [0.25, 0.3) is 11.8 Å². The Kier molecular flexibility index (Phi) is 6.04. The fourth-order valence-corrected chi connectivity index (χ4v) is 5.92. The Labute approximate surface area is 185 Å². The number of thioether (sulfide) groups is 1. The predicted octanol–water partition coefficient (Wildman–Crippen LogP) is 0.223. The van der Waals surface area contributed by atoms with Gasteiger partial charge in [0.15, 0.2) is 10.8 Å². The SMILES string of the molecule is CO/N=C(/C(=O)NC1C(=O)N2C(C(=O)S)=C(C3CCOC3)CS[C@H]12)c1csc(N)n1. The molecule has 30 heavy (non-hydrogen) atoms. The Morgan fingerprint density at radius 2 is 2.30 bits per heavy atom. The number of ether oxygens (including phenoxy) is 1. The van der Waals surface area contributed by atoms with Crippen molar-refractivity contribution in [3.63, 3.8) is 0 Å². The quantitative estimate of drug-likeness (QED) is 0.233. The number of β-lactam (4-membered cyclic amide) rings is 1. The van der Waals surface area contributed by atoms with E-state index in [-0.39, 0.29) is 28.4 Å². The van der Waals surface area contributed by atoms with Gasteiger partial charge >= 0.3 is 0 Å². The zero-order chi connectivity index (χ0) is 21.4. The Bertz CT molecular complexity index is 955. The van der Waals surface area contributed by atoms with Crippen LogP contribution in [0, 0.1) is 5.92 Å². The molecule has 4 rings (SSSR count). The van der Waals surface area contributed by atoms with Gasteiger partial charge < -0.3 is 20.6 Å². The van der Waals surface area contributed by atoms with E-state index in [0.29, 0.717) is 24.7 Å². The van der Waals surface area contributed by atoms with E-state index in [9.17, 15) is 14.4 Å². The van der Waals surface area contributed by atoms with E-state index in [1.165, 1.54) is 23.8 Å². The number of anilines is 1. The van der Waals surface area contributed by atoms with Gasteiger partial charge in [-0.15, -0.1) is 23.1 Å². The number of oxime groups is 1. The van der Waals surface area contributed by atoms with Crippen LogP contribution in [0.5, 0.6) is 0 Å². The number of thiazole rings is 1. The summed E-state index contributed by atoms with van der Waals surface area (Å²) in [4.78, 5) is 48.1. The smallest absolute Gasteiger partial charge is 0.276 e. The number of rotatable bonds is 6. The van der Waals surface area contributed by atoms with Crippen LogP contribution in [0.3, 0.4) is 0 Å². The molecule has 2 unspecified atom stereocenters. The third-order valence-electron chi connectivity index (χ3n) is 5.07. The van der Waals surface area contributed by atoms with E-state index in [2.05, 4.69) is 28.1 Å². The summed E-state index contributed by atoms with van der Waals surface area (Å²) < 4.78 is 5.43. The van der Waals surface area contributed by atoms with E-state index in [4.69, 9.17) is 15.3 Å². The molecule has 160 valence electrons. The van der Waals surface area contributed by atoms with E-state index in [1.807, 2.05) is 0 Å². The average Bonchev–Trinajstić information content (AvgIpc) is 3.40. The lowest BCUT2D eigenvalue weighted by Crippen LogP contribution is -2.71. The molecule has 1 aromatic heterocycles. The van der Waals surface area contributed by atoms with Crippen LogP contribution in [-0.4, -0.2) is 70.0 Å². The second kappa shape index (κ2) is 8.57. The highest BCUT2D eigenvalue weighted by molar-refractivity contribution is 8.00. The molecular weight excluding hydrogens is 450 g/mol. The first kappa shape index (κ1) is 21.2. The van der Waals surface area contributed by atoms with Crippen LogP contribution in [0.25, 0.3) is 0 Å². The first-order valence-electron chi connectivity index (χ1n) is 9.04. The van der Waals surface area contributed by atoms with Crippen LogP contribution in [0.4, 0.5) is 5.13 Å². The van der Waals surface area contributed by atoms with Crippen molar-refractivity contribution in [2.75, 3.05) is 31.8 Å². The van der Waals surface area contributed by atoms with Gasteiger partial charge in [0, 0.05) is 23.7 Å². The monoisotopic (exact) mass is 469 g/mol. The highest BCUT2D eigenvalue weighted by atomic mass is 32.2. The topological polar surface area (TPSA) is 136 Å². The minimum Gasteiger partial charge on any atom is -0.398 e. The largest absolute Gasteiger partial charge is 0.398 e. The number of amides is 2. The molecule has 13 heteroatoms. The second-order valence-corrected chi connectivity index (χ2v) is 9.19. The van der Waals surface area contributed by atoms with Crippen molar-refractivity contribution in [3.05, 3.63) is 22.3 Å². The number of hydrogen-bond donors (Lipinski definition) is 3. The summed E-state index contributed by atoms with van der Waals surface area (Å²) in [7, 11) is 1.31. The molecule has 0 aromatic carbocycles. The minimum absolute atomic E-state index is 0.0812. The number of fused-ring (bicyclic) bond motifs is 1. The summed E-state index contributed by atoms with van der Waals surface area (Å²) in [6.45, 7) is 1.16. The summed E-state index contributed by atoms with van der Waals surface area (Å²) in [5.74, 6) is -0.318. The number of nitrogens with two attached hydrogens (primary N) is 1. The van der Waals surface area contributed by atoms with Gasteiger partial charge in [0.2, 0.25) is 5.12 Å². The second-order valence-electron chi connectivity index (χ2n) is 6.79. The van der Waals surface area contributed by atoms with E-state index in [1.54, 1.807) is 5.38 Å². The first-order valence-corrected chi connectivity index (χ1v) is 11.4. The number of nitrogens with one attached hydrogen (secondary N) is 1. The molecule has 3 N–H and O–H groups in total. The number of carbonyl (C=O) groups excluding carboxylic acids is 3. The number of thiol groups is 1. The van der Waals surface area contributed by atoms with Crippen molar-refractivity contribution in [3.8, 4) is 0 Å². The number of aromatic nitrogens is 1. The highest BCUT2D eigenvalue weighted by Gasteiger charge is 2.54. The van der Waals surface area contributed by atoms with E-state index in [0.717, 1.165) is 23.3 Å². The molecule has 0 radical (unpaired) electrons. The molecule has 2 amide bonds. The zero-order valence-corrected chi connectivity index (χ0v) is 18.4. The van der Waals surface area contributed by atoms with Crippen molar-refractivity contribution in [1.29, 1.82) is 0 Å². The fourth-order valence-electron chi connectivity index (χ4n) is 3.67. The molecule has 0 saturated carbocycles. The summed E-state index contributed by atoms with van der Waals surface area (Å²) >= 11 is 6.65. The van der Waals surface area contributed by atoms with Gasteiger partial charge in [-0.3, -0.25) is 19.3 Å². The standard InChI is InChI=1S/C17H19N5O5S3/c1-26-21-10(9-6-30-17(18)19-9)13(23)20-11-14(24)22-12(16(25)28)8(5-29-15(11)22)7-2-3-27-4-7/h6-7,11,15H,2-5H2,1H3,(H2,18,19)(H,20,23)(H,25,28)/b21-10+/t7?,11?,15-/m1/s1. The number of carbonyl (C=O) groups is 3. The van der Waals surface area contributed by atoms with Gasteiger partial charge in [-0.25, -0.2) is 4.98 Å². The van der Waals surface area contributed by atoms with Gasteiger partial charge in [0.1, 0.15) is 24.2 Å². The lowest BCUT2D eigenvalue weighted by atomic mass is 9.94. The average molecular weight is 470 g/mol. The van der Waals surface area contributed by atoms with Gasteiger partial charge in [-0.05, 0) is 12.0 Å². The molecular formula is C17H19N5O5S3. The Hall–Kier alpha value is -2.09. The van der Waals surface area contributed by atoms with Gasteiger partial charge in [-0.2, -0.15) is 0 Å². The maximum atomic E-state index is 12.9. The minimum atomic E-state index is -0.801. The molecule has 3 aliphatic heterocycles. The zero-order valence-electron chi connectivity index (χ0n) is 15.9. The van der Waals surface area contributed by atoms with Crippen LogP contribution in [-0.2, 0) is 24.0 Å². The molecule has 10 nitrogen and oxygen atoms in total. The fraction of sp³-hybridized carbons (Fsp3) is 0.471. The van der Waals surface area contributed by atoms with E-state index < -0.39 is 22.4 Å². The maximum absolute atomic E-state index is 12.9. The predicted molar refractivity (Wildman–Crippen MR) is 115 cm³/mol. The van der Waals surface area contributed by atoms with Crippen molar-refractivity contribution in [2.45, 2.75) is 17.8 Å². The lowest BCUT2D eigenvalue weighted by Gasteiger charge is -2.50. The summed E-state index contributed by atoms with van der Waals surface area (Å²) in [6.07, 6.45) is 0.806. The molecule has 0 spiro atoms. The summed E-state index contributed by atoms with van der Waals surface area (Å²) in [5, 5.41) is 7.40. The van der Waals surface area contributed by atoms with Crippen LogP contribution in [0.15, 0.2) is 21.8 Å². The molecule has 3 aliphatic rings. The summed E-state index contributed by atoms with van der Waals surface area (Å²) in [5.41, 5.74) is 7.00. The molecule has 2 saturated heterocycles. The number of hydrogen-bond acceptors (Lipinski definition) is 10. The third kappa shape index (κ3) is 3.70. The first-order chi connectivity index (χ1) is 14.4. The molecule has 0 bridgehead atoms. The maximum Gasteiger partial charge on any atom is 0.276 e. The van der Waals surface area contributed by atoms with Crippen molar-refractivity contribution in [2.24, 2.45) is 11.1 Å². The molecule has 2 fully saturated rings. The van der Waals surface area contributed by atoms with Crippen LogP contribution >= 0.6 is 35.7 Å². The molecule has 1 aromatic rings. The summed E-state index contributed by atoms with van der Waals surface area (Å²) in [6, 6.07) is -0.801. The van der Waals surface area contributed by atoms with Gasteiger partial charge in [-0.1, -0.05) is 17.8 Å². The molecule has 4 heterocycles. The van der Waals surface area contributed by atoms with Crippen molar-refractivity contribution >= 4 is 63.5 Å².